The van der Waals surface area contributed by atoms with Crippen LogP contribution < -0.4 is 4.74 Å². The first-order chi connectivity index (χ1) is 8.66. The van der Waals surface area contributed by atoms with Gasteiger partial charge in [0.1, 0.15) is 17.4 Å². The molecule has 0 bridgehead atoms. The first-order valence-corrected chi connectivity index (χ1v) is 5.33. The SMILES string of the molecule is O=C(COc1ccc(F)cc1)c1ccccc1F. The highest BCUT2D eigenvalue weighted by molar-refractivity contribution is 5.97. The molecule has 2 nitrogen and oxygen atoms in total. The number of carbonyl (C=O) groups excluding carboxylic acids is 1. The number of carbonyl (C=O) groups is 1. The molecule has 2 rings (SSSR count). The number of hydrogen-bond acceptors (Lipinski definition) is 2. The third kappa shape index (κ3) is 2.91. The van der Waals surface area contributed by atoms with Gasteiger partial charge >= 0.3 is 0 Å². The first kappa shape index (κ1) is 12.2. The lowest BCUT2D eigenvalue weighted by atomic mass is 10.1. The van der Waals surface area contributed by atoms with E-state index in [0.29, 0.717) is 5.75 Å². The predicted octanol–water partition coefficient (Wildman–Crippen LogP) is 3.23. The molecule has 18 heavy (non-hydrogen) atoms. The van der Waals surface area contributed by atoms with Gasteiger partial charge < -0.3 is 4.74 Å². The molecule has 0 radical (unpaired) electrons. The number of halogens is 2. The normalized spacial score (nSPS) is 10.1. The van der Waals surface area contributed by atoms with Gasteiger partial charge in [-0.3, -0.25) is 4.79 Å². The molecule has 0 aliphatic heterocycles. The van der Waals surface area contributed by atoms with Crippen molar-refractivity contribution in [3.63, 3.8) is 0 Å². The molecule has 0 N–H and O–H groups in total. The average molecular weight is 248 g/mol. The first-order valence-electron chi connectivity index (χ1n) is 5.33. The van der Waals surface area contributed by atoms with E-state index in [0.717, 1.165) is 0 Å². The zero-order chi connectivity index (χ0) is 13.0. The second-order valence-corrected chi connectivity index (χ2v) is 3.65. The van der Waals surface area contributed by atoms with E-state index in [1.165, 1.54) is 42.5 Å². The molecule has 2 aromatic rings. The maximum atomic E-state index is 13.3. The van der Waals surface area contributed by atoms with Crippen molar-refractivity contribution in [3.05, 3.63) is 65.7 Å². The van der Waals surface area contributed by atoms with Crippen molar-refractivity contribution in [2.45, 2.75) is 0 Å². The van der Waals surface area contributed by atoms with Crippen LogP contribution in [0, 0.1) is 11.6 Å². The minimum atomic E-state index is -0.579. The number of ketones is 1. The van der Waals surface area contributed by atoms with Crippen LogP contribution in [0.15, 0.2) is 48.5 Å². The highest BCUT2D eigenvalue weighted by atomic mass is 19.1. The van der Waals surface area contributed by atoms with Gasteiger partial charge in [0.15, 0.2) is 6.61 Å². The fourth-order valence-electron chi connectivity index (χ4n) is 1.44. The molecule has 0 amide bonds. The molecular formula is C14H10F2O2. The third-order valence-electron chi connectivity index (χ3n) is 2.36. The fraction of sp³-hybridized carbons (Fsp3) is 0.0714. The molecule has 0 fully saturated rings. The summed E-state index contributed by atoms with van der Waals surface area (Å²) in [7, 11) is 0. The number of rotatable bonds is 4. The van der Waals surface area contributed by atoms with E-state index in [2.05, 4.69) is 0 Å². The van der Waals surface area contributed by atoms with Gasteiger partial charge in [-0.1, -0.05) is 12.1 Å². The second-order valence-electron chi connectivity index (χ2n) is 3.65. The van der Waals surface area contributed by atoms with Gasteiger partial charge in [0.05, 0.1) is 5.56 Å². The van der Waals surface area contributed by atoms with Crippen molar-refractivity contribution in [3.8, 4) is 5.75 Å². The molecule has 0 saturated heterocycles. The van der Waals surface area contributed by atoms with E-state index < -0.39 is 11.6 Å². The Hall–Kier alpha value is -2.23. The Morgan fingerprint density at radius 2 is 1.67 bits per heavy atom. The van der Waals surface area contributed by atoms with Crippen LogP contribution in [0.25, 0.3) is 0 Å². The van der Waals surface area contributed by atoms with Crippen LogP contribution in [0.5, 0.6) is 5.75 Å². The van der Waals surface area contributed by atoms with Crippen LogP contribution >= 0.6 is 0 Å². The Bertz CT molecular complexity index is 550. The van der Waals surface area contributed by atoms with Crippen LogP contribution in [-0.4, -0.2) is 12.4 Å². The quantitative estimate of drug-likeness (QED) is 0.776. The van der Waals surface area contributed by atoms with E-state index in [1.54, 1.807) is 6.07 Å². The number of benzene rings is 2. The lowest BCUT2D eigenvalue weighted by molar-refractivity contribution is 0.0917. The van der Waals surface area contributed by atoms with Crippen molar-refractivity contribution < 1.29 is 18.3 Å². The Morgan fingerprint density at radius 3 is 2.33 bits per heavy atom. The summed E-state index contributed by atoms with van der Waals surface area (Å²) in [5.74, 6) is -1.06. The Labute approximate surface area is 103 Å². The van der Waals surface area contributed by atoms with Gasteiger partial charge in [-0.15, -0.1) is 0 Å². The number of hydrogen-bond donors (Lipinski definition) is 0. The highest BCUT2D eigenvalue weighted by Gasteiger charge is 2.11. The highest BCUT2D eigenvalue weighted by Crippen LogP contribution is 2.12. The number of Topliss-reactive ketones (excluding diaryl/α,β-unsaturated/α-hetero) is 1. The molecule has 0 unspecified atom stereocenters. The van der Waals surface area contributed by atoms with Gasteiger partial charge in [0.2, 0.25) is 5.78 Å². The van der Waals surface area contributed by atoms with Gasteiger partial charge in [0, 0.05) is 0 Å². The van der Waals surface area contributed by atoms with Crippen LogP contribution in [0.4, 0.5) is 8.78 Å². The summed E-state index contributed by atoms with van der Waals surface area (Å²) in [6, 6.07) is 11.0. The van der Waals surface area contributed by atoms with Crippen molar-refractivity contribution in [1.82, 2.24) is 0 Å². The molecule has 0 aromatic heterocycles. The molecule has 0 spiro atoms. The molecule has 0 saturated carbocycles. The summed E-state index contributed by atoms with van der Waals surface area (Å²) in [5, 5.41) is 0. The van der Waals surface area contributed by atoms with E-state index in [-0.39, 0.29) is 18.0 Å². The fourth-order valence-corrected chi connectivity index (χ4v) is 1.44. The Kier molecular flexibility index (Phi) is 3.67. The van der Waals surface area contributed by atoms with Crippen molar-refractivity contribution in [2.75, 3.05) is 6.61 Å². The second kappa shape index (κ2) is 5.40. The third-order valence-corrected chi connectivity index (χ3v) is 2.36. The minimum Gasteiger partial charge on any atom is -0.485 e. The minimum absolute atomic E-state index is 0.0142. The van der Waals surface area contributed by atoms with Crippen LogP contribution in [0.2, 0.25) is 0 Å². The largest absolute Gasteiger partial charge is 0.485 e. The zero-order valence-electron chi connectivity index (χ0n) is 9.40. The Morgan fingerprint density at radius 1 is 1.00 bits per heavy atom. The van der Waals surface area contributed by atoms with E-state index in [1.807, 2.05) is 0 Å². The maximum absolute atomic E-state index is 13.3. The van der Waals surface area contributed by atoms with Gasteiger partial charge in [-0.2, -0.15) is 0 Å². The molecular weight excluding hydrogens is 238 g/mol. The van der Waals surface area contributed by atoms with Crippen molar-refractivity contribution in [2.24, 2.45) is 0 Å². The van der Waals surface area contributed by atoms with Crippen molar-refractivity contribution in [1.29, 1.82) is 0 Å². The summed E-state index contributed by atoms with van der Waals surface area (Å²) in [6.07, 6.45) is 0. The van der Waals surface area contributed by atoms with E-state index in [4.69, 9.17) is 4.74 Å². The monoisotopic (exact) mass is 248 g/mol. The van der Waals surface area contributed by atoms with Gasteiger partial charge in [0.25, 0.3) is 0 Å². The van der Waals surface area contributed by atoms with Crippen LogP contribution in [0.3, 0.4) is 0 Å². The summed E-state index contributed by atoms with van der Waals surface area (Å²) in [4.78, 5) is 11.7. The molecule has 0 aliphatic carbocycles. The molecule has 0 aliphatic rings. The topological polar surface area (TPSA) is 26.3 Å². The summed E-state index contributed by atoms with van der Waals surface area (Å²) < 4.78 is 31.1. The standard InChI is InChI=1S/C14H10F2O2/c15-10-5-7-11(8-6-10)18-9-14(17)12-3-1-2-4-13(12)16/h1-8H,9H2. The van der Waals surface area contributed by atoms with Crippen LogP contribution in [-0.2, 0) is 0 Å². The van der Waals surface area contributed by atoms with Crippen LogP contribution in [0.1, 0.15) is 10.4 Å². The smallest absolute Gasteiger partial charge is 0.203 e. The van der Waals surface area contributed by atoms with Gasteiger partial charge in [-0.05, 0) is 36.4 Å². The molecule has 2 aromatic carbocycles. The lowest BCUT2D eigenvalue weighted by Gasteiger charge is -2.05. The molecule has 0 heterocycles. The Balaban J connectivity index is 2.01. The van der Waals surface area contributed by atoms with Gasteiger partial charge in [-0.25, -0.2) is 8.78 Å². The van der Waals surface area contributed by atoms with Crippen molar-refractivity contribution >= 4 is 5.78 Å². The molecule has 92 valence electrons. The number of ether oxygens (including phenoxy) is 1. The summed E-state index contributed by atoms with van der Waals surface area (Å²) in [5.41, 5.74) is -0.0142. The molecule has 4 heteroatoms. The summed E-state index contributed by atoms with van der Waals surface area (Å²) in [6.45, 7) is -0.285. The van der Waals surface area contributed by atoms with E-state index >= 15 is 0 Å². The molecule has 0 atom stereocenters. The predicted molar refractivity (Wildman–Crippen MR) is 62.6 cm³/mol. The average Bonchev–Trinajstić information content (AvgIpc) is 2.38. The van der Waals surface area contributed by atoms with E-state index in [9.17, 15) is 13.6 Å². The lowest BCUT2D eigenvalue weighted by Crippen LogP contribution is -2.13. The maximum Gasteiger partial charge on any atom is 0.203 e. The summed E-state index contributed by atoms with van der Waals surface area (Å²) >= 11 is 0. The zero-order valence-corrected chi connectivity index (χ0v) is 9.40.